The molecular weight excluding hydrogens is 254 g/mol. The van der Waals surface area contributed by atoms with Gasteiger partial charge in [-0.1, -0.05) is 6.07 Å². The fourth-order valence-electron chi connectivity index (χ4n) is 1.13. The molecular formula is C11H18BrN3. The van der Waals surface area contributed by atoms with E-state index in [9.17, 15) is 0 Å². The van der Waals surface area contributed by atoms with Crippen LogP contribution < -0.4 is 5.32 Å². The van der Waals surface area contributed by atoms with Crippen molar-refractivity contribution in [2.24, 2.45) is 0 Å². The van der Waals surface area contributed by atoms with Crippen LogP contribution >= 0.6 is 15.9 Å². The molecule has 15 heavy (non-hydrogen) atoms. The topological polar surface area (TPSA) is 28.2 Å². The van der Waals surface area contributed by atoms with E-state index < -0.39 is 0 Å². The van der Waals surface area contributed by atoms with Crippen molar-refractivity contribution >= 4 is 21.7 Å². The fourth-order valence-corrected chi connectivity index (χ4v) is 1.47. The van der Waals surface area contributed by atoms with Crippen molar-refractivity contribution in [3.8, 4) is 0 Å². The average molecular weight is 272 g/mol. The highest BCUT2D eigenvalue weighted by Gasteiger charge is 2.02. The highest BCUT2D eigenvalue weighted by atomic mass is 79.9. The van der Waals surface area contributed by atoms with E-state index in [1.54, 1.807) is 0 Å². The number of rotatable bonds is 5. The van der Waals surface area contributed by atoms with Crippen LogP contribution in [0.1, 0.15) is 13.8 Å². The molecule has 0 bridgehead atoms. The third-order valence-electron chi connectivity index (χ3n) is 2.37. The van der Waals surface area contributed by atoms with Crippen LogP contribution in [-0.4, -0.2) is 36.1 Å². The van der Waals surface area contributed by atoms with Crippen molar-refractivity contribution in [3.63, 3.8) is 0 Å². The molecule has 3 nitrogen and oxygen atoms in total. The van der Waals surface area contributed by atoms with Crippen molar-refractivity contribution in [1.82, 2.24) is 9.88 Å². The second-order valence-electron chi connectivity index (χ2n) is 3.85. The molecule has 0 unspecified atom stereocenters. The van der Waals surface area contributed by atoms with Crippen LogP contribution in [-0.2, 0) is 0 Å². The molecule has 0 fully saturated rings. The van der Waals surface area contributed by atoms with Crippen LogP contribution in [0.5, 0.6) is 0 Å². The molecule has 1 N–H and O–H groups in total. The zero-order valence-corrected chi connectivity index (χ0v) is 11.1. The summed E-state index contributed by atoms with van der Waals surface area (Å²) < 4.78 is 0.865. The molecule has 0 aliphatic rings. The number of hydrogen-bond acceptors (Lipinski definition) is 3. The first-order chi connectivity index (χ1) is 7.09. The normalized spacial score (nSPS) is 11.1. The highest BCUT2D eigenvalue weighted by Crippen LogP contribution is 2.09. The summed E-state index contributed by atoms with van der Waals surface area (Å²) >= 11 is 3.34. The Balaban J connectivity index is 2.32. The zero-order chi connectivity index (χ0) is 11.3. The molecule has 84 valence electrons. The van der Waals surface area contributed by atoms with Crippen molar-refractivity contribution in [3.05, 3.63) is 22.8 Å². The Kier molecular flexibility index (Phi) is 5.05. The molecule has 0 aliphatic carbocycles. The van der Waals surface area contributed by atoms with Gasteiger partial charge in [0.05, 0.1) is 0 Å². The monoisotopic (exact) mass is 271 g/mol. The summed E-state index contributed by atoms with van der Waals surface area (Å²) in [7, 11) is 2.13. The smallest absolute Gasteiger partial charge is 0.127 e. The summed E-state index contributed by atoms with van der Waals surface area (Å²) in [5.41, 5.74) is 0. The second kappa shape index (κ2) is 6.08. The Morgan fingerprint density at radius 1 is 1.47 bits per heavy atom. The van der Waals surface area contributed by atoms with Gasteiger partial charge in [-0.05, 0) is 49.0 Å². The predicted octanol–water partition coefficient (Wildman–Crippen LogP) is 2.60. The first kappa shape index (κ1) is 12.5. The number of nitrogens with zero attached hydrogens (tertiary/aromatic N) is 2. The highest BCUT2D eigenvalue weighted by molar-refractivity contribution is 9.10. The van der Waals surface area contributed by atoms with E-state index in [4.69, 9.17) is 0 Å². The molecule has 0 saturated heterocycles. The lowest BCUT2D eigenvalue weighted by Gasteiger charge is -2.21. The molecule has 0 saturated carbocycles. The maximum Gasteiger partial charge on any atom is 0.127 e. The first-order valence-corrected chi connectivity index (χ1v) is 5.95. The van der Waals surface area contributed by atoms with Crippen LogP contribution in [0.15, 0.2) is 22.8 Å². The number of hydrogen-bond donors (Lipinski definition) is 1. The molecule has 4 heteroatoms. The van der Waals surface area contributed by atoms with Crippen LogP contribution in [0.25, 0.3) is 0 Å². The third-order valence-corrected chi connectivity index (χ3v) is 2.81. The van der Waals surface area contributed by atoms with E-state index in [2.05, 4.69) is 52.0 Å². The maximum atomic E-state index is 4.30. The molecule has 0 aliphatic heterocycles. The Labute approximate surface area is 100 Å². The molecule has 0 amide bonds. The van der Waals surface area contributed by atoms with Gasteiger partial charge in [-0.15, -0.1) is 0 Å². The van der Waals surface area contributed by atoms with Crippen LogP contribution in [0.3, 0.4) is 0 Å². The summed E-state index contributed by atoms with van der Waals surface area (Å²) in [6.45, 7) is 6.32. The van der Waals surface area contributed by atoms with Crippen molar-refractivity contribution in [1.29, 1.82) is 0 Å². The van der Waals surface area contributed by atoms with Crippen molar-refractivity contribution in [2.45, 2.75) is 19.9 Å². The molecule has 0 aromatic carbocycles. The summed E-state index contributed by atoms with van der Waals surface area (Å²) in [6, 6.07) is 6.46. The predicted molar refractivity (Wildman–Crippen MR) is 68.2 cm³/mol. The Morgan fingerprint density at radius 3 is 2.80 bits per heavy atom. The van der Waals surface area contributed by atoms with Gasteiger partial charge >= 0.3 is 0 Å². The Morgan fingerprint density at radius 2 is 2.20 bits per heavy atom. The number of pyridine rings is 1. The molecule has 1 aromatic heterocycles. The summed E-state index contributed by atoms with van der Waals surface area (Å²) in [4.78, 5) is 6.60. The average Bonchev–Trinajstić information content (AvgIpc) is 2.17. The lowest BCUT2D eigenvalue weighted by molar-refractivity contribution is 0.284. The summed E-state index contributed by atoms with van der Waals surface area (Å²) in [5.74, 6) is 0.918. The van der Waals surface area contributed by atoms with Gasteiger partial charge in [-0.25, -0.2) is 4.98 Å². The quantitative estimate of drug-likeness (QED) is 0.835. The van der Waals surface area contributed by atoms with Gasteiger partial charge in [0.2, 0.25) is 0 Å². The molecule has 1 heterocycles. The van der Waals surface area contributed by atoms with Gasteiger partial charge in [0, 0.05) is 19.1 Å². The maximum absolute atomic E-state index is 4.30. The Hall–Kier alpha value is -0.610. The van der Waals surface area contributed by atoms with E-state index in [0.29, 0.717) is 6.04 Å². The van der Waals surface area contributed by atoms with Gasteiger partial charge in [0.25, 0.3) is 0 Å². The van der Waals surface area contributed by atoms with Gasteiger partial charge < -0.3 is 10.2 Å². The SMILES string of the molecule is CC(C)N(C)CCNc1cccc(Br)n1. The molecule has 0 atom stereocenters. The number of aromatic nitrogens is 1. The van der Waals surface area contributed by atoms with E-state index in [1.807, 2.05) is 18.2 Å². The van der Waals surface area contributed by atoms with Crippen molar-refractivity contribution in [2.75, 3.05) is 25.5 Å². The van der Waals surface area contributed by atoms with E-state index in [1.165, 1.54) is 0 Å². The van der Waals surface area contributed by atoms with Crippen LogP contribution in [0, 0.1) is 0 Å². The lowest BCUT2D eigenvalue weighted by Crippen LogP contribution is -2.31. The first-order valence-electron chi connectivity index (χ1n) is 5.16. The Bertz CT molecular complexity index is 302. The largest absolute Gasteiger partial charge is 0.369 e. The minimum atomic E-state index is 0.585. The van der Waals surface area contributed by atoms with Crippen molar-refractivity contribution < 1.29 is 0 Å². The van der Waals surface area contributed by atoms with Gasteiger partial charge in [0.1, 0.15) is 10.4 Å². The molecule has 0 spiro atoms. The lowest BCUT2D eigenvalue weighted by atomic mass is 10.3. The third kappa shape index (κ3) is 4.62. The standard InChI is InChI=1S/C11H18BrN3/c1-9(2)15(3)8-7-13-11-6-4-5-10(12)14-11/h4-6,9H,7-8H2,1-3H3,(H,13,14). The summed E-state index contributed by atoms with van der Waals surface area (Å²) in [6.07, 6.45) is 0. The number of halogens is 1. The van der Waals surface area contributed by atoms with Gasteiger partial charge in [-0.3, -0.25) is 0 Å². The van der Waals surface area contributed by atoms with E-state index >= 15 is 0 Å². The van der Waals surface area contributed by atoms with Gasteiger partial charge in [-0.2, -0.15) is 0 Å². The number of likely N-dealkylation sites (N-methyl/N-ethyl adjacent to an activating group) is 1. The minimum Gasteiger partial charge on any atom is -0.369 e. The van der Waals surface area contributed by atoms with E-state index in [-0.39, 0.29) is 0 Å². The summed E-state index contributed by atoms with van der Waals surface area (Å²) in [5, 5.41) is 3.29. The fraction of sp³-hybridized carbons (Fsp3) is 0.545. The molecule has 0 radical (unpaired) electrons. The van der Waals surface area contributed by atoms with Gasteiger partial charge in [0.15, 0.2) is 0 Å². The molecule has 1 rings (SSSR count). The number of nitrogens with one attached hydrogen (secondary N) is 1. The van der Waals surface area contributed by atoms with E-state index in [0.717, 1.165) is 23.5 Å². The van der Waals surface area contributed by atoms with Crippen LogP contribution in [0.2, 0.25) is 0 Å². The molecule has 1 aromatic rings. The second-order valence-corrected chi connectivity index (χ2v) is 4.66. The number of anilines is 1. The minimum absolute atomic E-state index is 0.585. The van der Waals surface area contributed by atoms with Crippen LogP contribution in [0.4, 0.5) is 5.82 Å². The zero-order valence-electron chi connectivity index (χ0n) is 9.50.